The Morgan fingerprint density at radius 1 is 1.07 bits per heavy atom. The van der Waals surface area contributed by atoms with Gasteiger partial charge in [-0.2, -0.15) is 5.10 Å². The van der Waals surface area contributed by atoms with Gasteiger partial charge in [0.2, 0.25) is 0 Å². The van der Waals surface area contributed by atoms with E-state index in [2.05, 4.69) is 40.0 Å². The Morgan fingerprint density at radius 2 is 1.89 bits per heavy atom. The van der Waals surface area contributed by atoms with E-state index in [1.54, 1.807) is 6.20 Å². The summed E-state index contributed by atoms with van der Waals surface area (Å²) in [5.74, 6) is 0. The quantitative estimate of drug-likeness (QED) is 0.612. The van der Waals surface area contributed by atoms with Gasteiger partial charge in [0.05, 0.1) is 12.1 Å². The summed E-state index contributed by atoms with van der Waals surface area (Å²) in [6, 6.07) is 10.3. The van der Waals surface area contributed by atoms with E-state index >= 15 is 0 Å². The molecule has 0 fully saturated rings. The zero-order chi connectivity index (χ0) is 19.4. The van der Waals surface area contributed by atoms with Crippen LogP contribution in [0.3, 0.4) is 0 Å². The fraction of sp³-hybridized carbons (Fsp3) is 0.429. The van der Waals surface area contributed by atoms with Crippen molar-refractivity contribution in [2.45, 2.75) is 26.6 Å². The first-order chi connectivity index (χ1) is 12.9. The van der Waals surface area contributed by atoms with E-state index in [0.29, 0.717) is 13.1 Å². The molecule has 0 N–H and O–H groups in total. The monoisotopic (exact) mass is 367 g/mol. The number of rotatable bonds is 8. The largest absolute Gasteiger partial charge is 0.308 e. The van der Waals surface area contributed by atoms with Crippen LogP contribution in [0.1, 0.15) is 11.1 Å². The fourth-order valence-corrected chi connectivity index (χ4v) is 3.25. The average Bonchev–Trinajstić information content (AvgIpc) is 3.14. The lowest BCUT2D eigenvalue weighted by atomic mass is 10.1. The van der Waals surface area contributed by atoms with Crippen LogP contribution in [0, 0.1) is 6.92 Å². The molecule has 0 amide bonds. The number of pyridine rings is 1. The molecule has 0 aliphatic heterocycles. The molecule has 0 unspecified atom stereocenters. The summed E-state index contributed by atoms with van der Waals surface area (Å²) in [5.41, 5.74) is 3.14. The van der Waals surface area contributed by atoms with Crippen LogP contribution in [0.2, 0.25) is 0 Å². The van der Waals surface area contributed by atoms with Gasteiger partial charge in [-0.05, 0) is 57.2 Å². The van der Waals surface area contributed by atoms with Gasteiger partial charge in [-0.1, -0.05) is 12.1 Å². The first-order valence-electron chi connectivity index (χ1n) is 9.38. The molecule has 27 heavy (non-hydrogen) atoms. The van der Waals surface area contributed by atoms with Crippen molar-refractivity contribution in [1.82, 2.24) is 24.1 Å². The number of likely N-dealkylation sites (N-methyl/N-ethyl adjacent to an activating group) is 2. The maximum Gasteiger partial charge on any atom is 0.255 e. The van der Waals surface area contributed by atoms with Crippen molar-refractivity contribution in [1.29, 1.82) is 0 Å². The third kappa shape index (κ3) is 4.84. The molecule has 0 bridgehead atoms. The van der Waals surface area contributed by atoms with Crippen molar-refractivity contribution in [3.8, 4) is 0 Å². The second-order valence-electron chi connectivity index (χ2n) is 7.50. The minimum absolute atomic E-state index is 0.112. The van der Waals surface area contributed by atoms with Gasteiger partial charge in [0, 0.05) is 44.1 Å². The fourth-order valence-electron chi connectivity index (χ4n) is 3.25. The van der Waals surface area contributed by atoms with Crippen LogP contribution in [-0.2, 0) is 19.6 Å². The minimum Gasteiger partial charge on any atom is -0.308 e. The molecule has 2 heterocycles. The van der Waals surface area contributed by atoms with Gasteiger partial charge in [-0.25, -0.2) is 0 Å². The van der Waals surface area contributed by atoms with Gasteiger partial charge < -0.3 is 14.4 Å². The van der Waals surface area contributed by atoms with E-state index in [0.717, 1.165) is 36.1 Å². The van der Waals surface area contributed by atoms with Crippen LogP contribution >= 0.6 is 0 Å². The molecule has 0 aliphatic rings. The molecule has 6 heteroatoms. The Labute approximate surface area is 160 Å². The van der Waals surface area contributed by atoms with Crippen molar-refractivity contribution in [2.24, 2.45) is 0 Å². The topological polar surface area (TPSA) is 46.3 Å². The Bertz CT molecular complexity index is 943. The van der Waals surface area contributed by atoms with E-state index in [1.807, 2.05) is 48.7 Å². The maximum absolute atomic E-state index is 13.2. The molecular weight excluding hydrogens is 338 g/mol. The zero-order valence-corrected chi connectivity index (χ0v) is 16.7. The smallest absolute Gasteiger partial charge is 0.255 e. The molecule has 1 aromatic carbocycles. The highest BCUT2D eigenvalue weighted by molar-refractivity contribution is 5.80. The lowest BCUT2D eigenvalue weighted by molar-refractivity contribution is 0.303. The molecule has 0 aliphatic carbocycles. The molecule has 3 aromatic rings. The number of fused-ring (bicyclic) bond motifs is 1. The SMILES string of the molecule is Cc1ccc2cc(CN(C)CCn3cccn3)c(=O)n(CCN(C)C)c2c1. The second kappa shape index (κ2) is 8.50. The molecule has 0 radical (unpaired) electrons. The van der Waals surface area contributed by atoms with Crippen LogP contribution < -0.4 is 5.56 Å². The highest BCUT2D eigenvalue weighted by atomic mass is 16.1. The van der Waals surface area contributed by atoms with Crippen LogP contribution in [0.25, 0.3) is 10.9 Å². The van der Waals surface area contributed by atoms with E-state index in [1.165, 1.54) is 5.56 Å². The molecule has 0 spiro atoms. The van der Waals surface area contributed by atoms with Crippen molar-refractivity contribution < 1.29 is 0 Å². The Kier molecular flexibility index (Phi) is 6.08. The van der Waals surface area contributed by atoms with Gasteiger partial charge >= 0.3 is 0 Å². The molecule has 144 valence electrons. The minimum atomic E-state index is 0.112. The Hall–Kier alpha value is -2.44. The van der Waals surface area contributed by atoms with Gasteiger partial charge in [0.15, 0.2) is 0 Å². The summed E-state index contributed by atoms with van der Waals surface area (Å²) in [4.78, 5) is 17.5. The van der Waals surface area contributed by atoms with Crippen LogP contribution in [-0.4, -0.2) is 58.4 Å². The molecule has 0 saturated carbocycles. The van der Waals surface area contributed by atoms with E-state index < -0.39 is 0 Å². The number of benzene rings is 1. The third-order valence-electron chi connectivity index (χ3n) is 4.81. The van der Waals surface area contributed by atoms with Gasteiger partial charge in [0.25, 0.3) is 5.56 Å². The van der Waals surface area contributed by atoms with Crippen LogP contribution in [0.15, 0.2) is 47.5 Å². The first-order valence-corrected chi connectivity index (χ1v) is 9.38. The summed E-state index contributed by atoms with van der Waals surface area (Å²) < 4.78 is 3.84. The van der Waals surface area contributed by atoms with Gasteiger partial charge in [0.1, 0.15) is 0 Å². The highest BCUT2D eigenvalue weighted by Crippen LogP contribution is 2.16. The van der Waals surface area contributed by atoms with Crippen molar-refractivity contribution in [2.75, 3.05) is 34.2 Å². The first kappa shape index (κ1) is 19.3. The second-order valence-corrected chi connectivity index (χ2v) is 7.50. The Morgan fingerprint density at radius 3 is 2.59 bits per heavy atom. The summed E-state index contributed by atoms with van der Waals surface area (Å²) in [6.45, 7) is 5.87. The zero-order valence-electron chi connectivity index (χ0n) is 16.7. The lowest BCUT2D eigenvalue weighted by Crippen LogP contribution is -2.32. The number of hydrogen-bond donors (Lipinski definition) is 0. The molecule has 6 nitrogen and oxygen atoms in total. The number of nitrogens with zero attached hydrogens (tertiary/aromatic N) is 5. The normalized spacial score (nSPS) is 11.8. The van der Waals surface area contributed by atoms with Crippen LogP contribution in [0.5, 0.6) is 0 Å². The summed E-state index contributed by atoms with van der Waals surface area (Å²) >= 11 is 0. The summed E-state index contributed by atoms with van der Waals surface area (Å²) in [7, 11) is 6.11. The molecule has 0 atom stereocenters. The maximum atomic E-state index is 13.2. The Balaban J connectivity index is 1.86. The summed E-state index contributed by atoms with van der Waals surface area (Å²) in [6.07, 6.45) is 3.75. The number of hydrogen-bond acceptors (Lipinski definition) is 4. The van der Waals surface area contributed by atoms with Crippen molar-refractivity contribution in [3.63, 3.8) is 0 Å². The number of aromatic nitrogens is 3. The standard InChI is InChI=1S/C21H29N5O/c1-17-6-7-18-15-19(16-24(4)11-12-25-9-5-8-22-25)21(27)26(20(18)14-17)13-10-23(2)3/h5-9,14-15H,10-13,16H2,1-4H3. The predicted molar refractivity (Wildman–Crippen MR) is 110 cm³/mol. The molecular formula is C21H29N5O. The predicted octanol–water partition coefficient (Wildman–Crippen LogP) is 2.20. The van der Waals surface area contributed by atoms with E-state index in [4.69, 9.17) is 0 Å². The van der Waals surface area contributed by atoms with E-state index in [-0.39, 0.29) is 5.56 Å². The van der Waals surface area contributed by atoms with Crippen LogP contribution in [0.4, 0.5) is 0 Å². The average molecular weight is 367 g/mol. The third-order valence-corrected chi connectivity index (χ3v) is 4.81. The van der Waals surface area contributed by atoms with Gasteiger partial charge in [-0.3, -0.25) is 9.48 Å². The highest BCUT2D eigenvalue weighted by Gasteiger charge is 2.12. The van der Waals surface area contributed by atoms with Crippen molar-refractivity contribution in [3.05, 3.63) is 64.2 Å². The van der Waals surface area contributed by atoms with Gasteiger partial charge in [-0.15, -0.1) is 0 Å². The number of aryl methyl sites for hydroxylation is 1. The summed E-state index contributed by atoms with van der Waals surface area (Å²) in [5, 5.41) is 5.36. The molecule has 0 saturated heterocycles. The molecule has 3 rings (SSSR count). The molecule has 2 aromatic heterocycles. The lowest BCUT2D eigenvalue weighted by Gasteiger charge is -2.19. The van der Waals surface area contributed by atoms with E-state index in [9.17, 15) is 4.79 Å². The van der Waals surface area contributed by atoms with Crippen molar-refractivity contribution >= 4 is 10.9 Å².